The lowest BCUT2D eigenvalue weighted by molar-refractivity contribution is 0.0948. The Bertz CT molecular complexity index is 1410. The van der Waals surface area contributed by atoms with E-state index in [4.69, 9.17) is 14.2 Å². The fraction of sp³-hybridized carbons (Fsp3) is 0.292. The van der Waals surface area contributed by atoms with Crippen molar-refractivity contribution < 1.29 is 19.0 Å². The normalized spacial score (nSPS) is 11.1. The summed E-state index contributed by atoms with van der Waals surface area (Å²) < 4.78 is 17.7. The first-order valence-corrected chi connectivity index (χ1v) is 11.7. The van der Waals surface area contributed by atoms with Crippen LogP contribution in [0.3, 0.4) is 0 Å². The Morgan fingerprint density at radius 1 is 1.09 bits per heavy atom. The zero-order chi connectivity index (χ0) is 24.2. The summed E-state index contributed by atoms with van der Waals surface area (Å²) in [4.78, 5) is 32.5. The van der Waals surface area contributed by atoms with Crippen LogP contribution in [0, 0.1) is 0 Å². The number of aryl methyl sites for hydroxylation is 1. The summed E-state index contributed by atoms with van der Waals surface area (Å²) in [5, 5.41) is 4.33. The third kappa shape index (κ3) is 4.67. The highest BCUT2D eigenvalue weighted by atomic mass is 32.2. The summed E-state index contributed by atoms with van der Waals surface area (Å²) in [5.41, 5.74) is 1.85. The van der Waals surface area contributed by atoms with Crippen molar-refractivity contribution in [2.24, 2.45) is 7.05 Å². The van der Waals surface area contributed by atoms with E-state index in [1.807, 2.05) is 35.9 Å². The number of carbonyl (C=O) groups is 1. The Labute approximate surface area is 200 Å². The molecule has 4 rings (SSSR count). The Hall–Kier alpha value is -3.66. The van der Waals surface area contributed by atoms with Crippen LogP contribution >= 0.6 is 11.8 Å². The van der Waals surface area contributed by atoms with Gasteiger partial charge in [0, 0.05) is 36.3 Å². The topological polar surface area (TPSA) is 107 Å². The molecule has 0 spiro atoms. The van der Waals surface area contributed by atoms with Crippen LogP contribution in [0.25, 0.3) is 21.8 Å². The van der Waals surface area contributed by atoms with Gasteiger partial charge in [-0.2, -0.15) is 11.8 Å². The van der Waals surface area contributed by atoms with Crippen molar-refractivity contribution in [1.29, 1.82) is 0 Å². The number of methoxy groups -OCH3 is 3. The van der Waals surface area contributed by atoms with Crippen molar-refractivity contribution >= 4 is 39.5 Å². The van der Waals surface area contributed by atoms with Crippen LogP contribution in [0.2, 0.25) is 0 Å². The number of thioether (sulfide) groups is 1. The molecule has 2 N–H and O–H groups in total. The number of hydrogen-bond acceptors (Lipinski definition) is 7. The number of H-pyrrole nitrogens is 1. The minimum Gasteiger partial charge on any atom is -0.497 e. The lowest BCUT2D eigenvalue weighted by atomic mass is 10.2. The molecule has 0 unspecified atom stereocenters. The molecule has 0 saturated carbocycles. The van der Waals surface area contributed by atoms with E-state index in [0.29, 0.717) is 52.0 Å². The second-order valence-electron chi connectivity index (χ2n) is 7.56. The highest BCUT2D eigenvalue weighted by Crippen LogP contribution is 2.30. The van der Waals surface area contributed by atoms with Crippen LogP contribution < -0.4 is 25.1 Å². The predicted octanol–water partition coefficient (Wildman–Crippen LogP) is 3.10. The maximum absolute atomic E-state index is 12.7. The SMILES string of the molecule is COc1ccc2c(c1)cc(C(=O)NCCSCc1nc3cc(OC)c(OC)cc3c(=O)[nH]1)n2C. The van der Waals surface area contributed by atoms with Gasteiger partial charge in [0.25, 0.3) is 11.5 Å². The van der Waals surface area contributed by atoms with Gasteiger partial charge in [-0.05, 0) is 30.3 Å². The average molecular weight is 483 g/mol. The van der Waals surface area contributed by atoms with E-state index < -0.39 is 0 Å². The molecule has 4 aromatic rings. The van der Waals surface area contributed by atoms with E-state index in [1.54, 1.807) is 31.0 Å². The van der Waals surface area contributed by atoms with Gasteiger partial charge in [-0.3, -0.25) is 9.59 Å². The van der Waals surface area contributed by atoms with Gasteiger partial charge in [-0.1, -0.05) is 0 Å². The van der Waals surface area contributed by atoms with Crippen molar-refractivity contribution in [2.75, 3.05) is 33.6 Å². The van der Waals surface area contributed by atoms with Gasteiger partial charge in [-0.25, -0.2) is 4.98 Å². The predicted molar refractivity (Wildman–Crippen MR) is 133 cm³/mol. The van der Waals surface area contributed by atoms with Crippen LogP contribution in [0.1, 0.15) is 16.3 Å². The molecule has 2 heterocycles. The van der Waals surface area contributed by atoms with Crippen molar-refractivity contribution in [1.82, 2.24) is 19.9 Å². The van der Waals surface area contributed by atoms with Crippen LogP contribution in [0.5, 0.6) is 17.2 Å². The van der Waals surface area contributed by atoms with E-state index in [9.17, 15) is 9.59 Å². The molecule has 0 fully saturated rings. The first-order chi connectivity index (χ1) is 16.4. The number of fused-ring (bicyclic) bond motifs is 2. The number of rotatable bonds is 9. The summed E-state index contributed by atoms with van der Waals surface area (Å²) in [6.45, 7) is 0.483. The lowest BCUT2D eigenvalue weighted by Crippen LogP contribution is -2.27. The van der Waals surface area contributed by atoms with Crippen LogP contribution in [0.4, 0.5) is 0 Å². The summed E-state index contributed by atoms with van der Waals surface area (Å²) in [6, 6.07) is 10.9. The number of aromatic amines is 1. The van der Waals surface area contributed by atoms with Crippen molar-refractivity contribution in [3.63, 3.8) is 0 Å². The zero-order valence-electron chi connectivity index (χ0n) is 19.4. The lowest BCUT2D eigenvalue weighted by Gasteiger charge is -2.09. The van der Waals surface area contributed by atoms with E-state index >= 15 is 0 Å². The molecule has 2 aromatic carbocycles. The standard InChI is InChI=1S/C24H26N4O5S/c1-28-18-6-5-15(31-2)9-14(18)10-19(28)24(30)25-7-8-34-13-22-26-17-12-21(33-4)20(32-3)11-16(17)23(29)27-22/h5-6,9-12H,7-8,13H2,1-4H3,(H,25,30)(H,26,27,29). The minimum absolute atomic E-state index is 0.142. The molecule has 0 bridgehead atoms. The first-order valence-electron chi connectivity index (χ1n) is 10.6. The number of hydrogen-bond donors (Lipinski definition) is 2. The molecule has 34 heavy (non-hydrogen) atoms. The summed E-state index contributed by atoms with van der Waals surface area (Å²) in [7, 11) is 6.54. The van der Waals surface area contributed by atoms with Crippen LogP contribution in [-0.2, 0) is 12.8 Å². The average Bonchev–Trinajstić information content (AvgIpc) is 3.18. The second-order valence-corrected chi connectivity index (χ2v) is 8.66. The Morgan fingerprint density at radius 2 is 1.85 bits per heavy atom. The molecule has 0 atom stereocenters. The molecular formula is C24H26N4O5S. The highest BCUT2D eigenvalue weighted by Gasteiger charge is 2.14. The molecule has 0 radical (unpaired) electrons. The smallest absolute Gasteiger partial charge is 0.267 e. The minimum atomic E-state index is -0.234. The van der Waals surface area contributed by atoms with Crippen molar-refractivity contribution in [3.05, 3.63) is 58.3 Å². The van der Waals surface area contributed by atoms with Crippen LogP contribution in [-0.4, -0.2) is 54.1 Å². The van der Waals surface area contributed by atoms with Crippen molar-refractivity contribution in [2.45, 2.75) is 5.75 Å². The van der Waals surface area contributed by atoms with Gasteiger partial charge in [0.15, 0.2) is 11.5 Å². The van der Waals surface area contributed by atoms with Gasteiger partial charge < -0.3 is 29.1 Å². The maximum Gasteiger partial charge on any atom is 0.267 e. The molecule has 178 valence electrons. The van der Waals surface area contributed by atoms with E-state index in [0.717, 1.165) is 16.7 Å². The number of benzene rings is 2. The maximum atomic E-state index is 12.7. The second kappa shape index (κ2) is 10.1. The molecule has 0 aliphatic carbocycles. The first kappa shape index (κ1) is 23.5. The van der Waals surface area contributed by atoms with Crippen molar-refractivity contribution in [3.8, 4) is 17.2 Å². The summed E-state index contributed by atoms with van der Waals surface area (Å²) in [5.74, 6) is 3.33. The van der Waals surface area contributed by atoms with Gasteiger partial charge in [0.1, 0.15) is 17.3 Å². The van der Waals surface area contributed by atoms with Gasteiger partial charge in [0.05, 0.1) is 38.0 Å². The molecule has 1 amide bonds. The van der Waals surface area contributed by atoms with E-state index in [1.165, 1.54) is 14.2 Å². The molecule has 9 nitrogen and oxygen atoms in total. The Kier molecular flexibility index (Phi) is 6.97. The number of carbonyl (C=O) groups excluding carboxylic acids is 1. The number of amides is 1. The summed E-state index contributed by atoms with van der Waals surface area (Å²) in [6.07, 6.45) is 0. The molecule has 0 aliphatic heterocycles. The number of aromatic nitrogens is 3. The van der Waals surface area contributed by atoms with Crippen LogP contribution in [0.15, 0.2) is 41.2 Å². The van der Waals surface area contributed by atoms with Gasteiger partial charge in [0.2, 0.25) is 0 Å². The third-order valence-electron chi connectivity index (χ3n) is 5.51. The van der Waals surface area contributed by atoms with E-state index in [2.05, 4.69) is 15.3 Å². The molecule has 10 heteroatoms. The highest BCUT2D eigenvalue weighted by molar-refractivity contribution is 7.98. The Morgan fingerprint density at radius 3 is 2.59 bits per heavy atom. The number of nitrogens with one attached hydrogen (secondary N) is 2. The fourth-order valence-corrected chi connectivity index (χ4v) is 4.47. The van der Waals surface area contributed by atoms with Gasteiger partial charge in [-0.15, -0.1) is 0 Å². The summed E-state index contributed by atoms with van der Waals surface area (Å²) >= 11 is 1.57. The Balaban J connectivity index is 1.35. The molecule has 2 aromatic heterocycles. The molecular weight excluding hydrogens is 456 g/mol. The molecule has 0 aliphatic rings. The third-order valence-corrected chi connectivity index (χ3v) is 6.48. The van der Waals surface area contributed by atoms with E-state index in [-0.39, 0.29) is 11.5 Å². The monoisotopic (exact) mass is 482 g/mol. The zero-order valence-corrected chi connectivity index (χ0v) is 20.2. The number of ether oxygens (including phenoxy) is 3. The van der Waals surface area contributed by atoms with Gasteiger partial charge >= 0.3 is 0 Å². The number of nitrogens with zero attached hydrogens (tertiary/aromatic N) is 2. The largest absolute Gasteiger partial charge is 0.497 e. The quantitative estimate of drug-likeness (QED) is 0.353. The fourth-order valence-electron chi connectivity index (χ4n) is 3.75. The molecule has 0 saturated heterocycles.